The Balaban J connectivity index is 2.30. The highest BCUT2D eigenvalue weighted by Crippen LogP contribution is 2.29. The number of rotatable bonds is 6. The van der Waals surface area contributed by atoms with Gasteiger partial charge in [-0.25, -0.2) is 0 Å². The van der Waals surface area contributed by atoms with Crippen molar-refractivity contribution in [3.63, 3.8) is 0 Å². The average Bonchev–Trinajstić information content (AvgIpc) is 2.47. The maximum atomic E-state index is 5.79. The lowest BCUT2D eigenvalue weighted by Gasteiger charge is -2.21. The van der Waals surface area contributed by atoms with Crippen LogP contribution in [0, 0.1) is 6.92 Å². The Kier molecular flexibility index (Phi) is 5.83. The number of nitrogens with one attached hydrogen (secondary N) is 1. The molecule has 0 bridgehead atoms. The summed E-state index contributed by atoms with van der Waals surface area (Å²) in [7, 11) is 2.00. The Hall–Kier alpha value is -1.32. The smallest absolute Gasteiger partial charge is 0.124 e. The van der Waals surface area contributed by atoms with Crippen LogP contribution in [0.3, 0.4) is 0 Å². The average molecular weight is 348 g/mol. The number of likely N-dealkylation sites (N-methyl/N-ethyl adjacent to an activating group) is 1. The van der Waals surface area contributed by atoms with Crippen LogP contribution in [0.5, 0.6) is 5.75 Å². The predicted molar refractivity (Wildman–Crippen MR) is 92.0 cm³/mol. The molecule has 0 fully saturated rings. The summed E-state index contributed by atoms with van der Waals surface area (Å²) in [6.45, 7) is 4.82. The van der Waals surface area contributed by atoms with Crippen molar-refractivity contribution in [2.75, 3.05) is 13.7 Å². The quantitative estimate of drug-likeness (QED) is 0.820. The van der Waals surface area contributed by atoms with E-state index in [4.69, 9.17) is 4.74 Å². The van der Waals surface area contributed by atoms with Gasteiger partial charge in [-0.3, -0.25) is 0 Å². The van der Waals surface area contributed by atoms with Gasteiger partial charge in [0.1, 0.15) is 5.75 Å². The van der Waals surface area contributed by atoms with Gasteiger partial charge in [0.15, 0.2) is 0 Å². The third kappa shape index (κ3) is 4.32. The van der Waals surface area contributed by atoms with Gasteiger partial charge in [0.2, 0.25) is 0 Å². The van der Waals surface area contributed by atoms with E-state index in [2.05, 4.69) is 70.6 Å². The van der Waals surface area contributed by atoms with Crippen LogP contribution in [0.15, 0.2) is 46.9 Å². The molecule has 0 spiro atoms. The maximum Gasteiger partial charge on any atom is 0.124 e. The van der Waals surface area contributed by atoms with E-state index >= 15 is 0 Å². The summed E-state index contributed by atoms with van der Waals surface area (Å²) in [5.74, 6) is 0.970. The maximum absolute atomic E-state index is 5.79. The van der Waals surface area contributed by atoms with Crippen molar-refractivity contribution < 1.29 is 4.74 Å². The molecular weight excluding hydrogens is 326 g/mol. The summed E-state index contributed by atoms with van der Waals surface area (Å²) in [4.78, 5) is 0. The number of benzene rings is 2. The van der Waals surface area contributed by atoms with E-state index in [9.17, 15) is 0 Å². The van der Waals surface area contributed by atoms with Crippen molar-refractivity contribution >= 4 is 15.9 Å². The van der Waals surface area contributed by atoms with E-state index in [0.717, 1.165) is 16.6 Å². The van der Waals surface area contributed by atoms with Crippen molar-refractivity contribution in [3.8, 4) is 5.75 Å². The van der Waals surface area contributed by atoms with Gasteiger partial charge in [-0.1, -0.05) is 45.8 Å². The molecular formula is C18H22BrNO. The Morgan fingerprint density at radius 1 is 1.19 bits per heavy atom. The minimum atomic E-state index is 0.237. The van der Waals surface area contributed by atoms with Gasteiger partial charge in [0.05, 0.1) is 6.61 Å². The second-order valence-electron chi connectivity index (χ2n) is 5.15. The second kappa shape index (κ2) is 7.62. The van der Waals surface area contributed by atoms with E-state index in [1.54, 1.807) is 0 Å². The van der Waals surface area contributed by atoms with Gasteiger partial charge in [0.25, 0.3) is 0 Å². The number of ether oxygens (including phenoxy) is 1. The monoisotopic (exact) mass is 347 g/mol. The third-order valence-electron chi connectivity index (χ3n) is 3.52. The normalized spacial score (nSPS) is 12.2. The zero-order valence-electron chi connectivity index (χ0n) is 12.8. The van der Waals surface area contributed by atoms with Crippen molar-refractivity contribution in [1.29, 1.82) is 0 Å². The van der Waals surface area contributed by atoms with Crippen LogP contribution < -0.4 is 10.1 Å². The summed E-state index contributed by atoms with van der Waals surface area (Å²) in [5.41, 5.74) is 3.77. The van der Waals surface area contributed by atoms with E-state index < -0.39 is 0 Å². The predicted octanol–water partition coefficient (Wildman–Crippen LogP) is 4.66. The number of hydrogen-bond acceptors (Lipinski definition) is 2. The van der Waals surface area contributed by atoms with Gasteiger partial charge in [-0.2, -0.15) is 0 Å². The molecule has 0 aliphatic heterocycles. The van der Waals surface area contributed by atoms with Crippen molar-refractivity contribution in [2.45, 2.75) is 26.3 Å². The number of halogens is 1. The first-order valence-corrected chi connectivity index (χ1v) is 8.08. The van der Waals surface area contributed by atoms with Crippen molar-refractivity contribution in [2.24, 2.45) is 0 Å². The molecule has 2 nitrogen and oxygen atoms in total. The lowest BCUT2D eigenvalue weighted by atomic mass is 9.97. The van der Waals surface area contributed by atoms with E-state index in [0.29, 0.717) is 6.61 Å². The molecule has 0 aliphatic carbocycles. The highest BCUT2D eigenvalue weighted by molar-refractivity contribution is 9.10. The van der Waals surface area contributed by atoms with Crippen LogP contribution in [0.1, 0.15) is 29.7 Å². The SMILES string of the molecule is CCOc1ccc(C)cc1C(Cc1cccc(Br)c1)NC. The zero-order chi connectivity index (χ0) is 15.2. The Labute approximate surface area is 135 Å². The summed E-state index contributed by atoms with van der Waals surface area (Å²) >= 11 is 3.54. The highest BCUT2D eigenvalue weighted by Gasteiger charge is 2.15. The van der Waals surface area contributed by atoms with Gasteiger partial charge < -0.3 is 10.1 Å². The highest BCUT2D eigenvalue weighted by atomic mass is 79.9. The van der Waals surface area contributed by atoms with E-state index in [-0.39, 0.29) is 6.04 Å². The molecule has 21 heavy (non-hydrogen) atoms. The van der Waals surface area contributed by atoms with Gasteiger partial charge in [0, 0.05) is 16.1 Å². The molecule has 0 heterocycles. The lowest BCUT2D eigenvalue weighted by molar-refractivity contribution is 0.332. The second-order valence-corrected chi connectivity index (χ2v) is 6.07. The largest absolute Gasteiger partial charge is 0.494 e. The van der Waals surface area contributed by atoms with Crippen LogP contribution in [-0.2, 0) is 6.42 Å². The van der Waals surface area contributed by atoms with Crippen LogP contribution in [0.2, 0.25) is 0 Å². The molecule has 2 aromatic rings. The molecule has 0 saturated carbocycles. The first-order valence-electron chi connectivity index (χ1n) is 7.29. The molecule has 3 heteroatoms. The first-order chi connectivity index (χ1) is 10.1. The number of hydrogen-bond donors (Lipinski definition) is 1. The number of aryl methyl sites for hydroxylation is 1. The first kappa shape index (κ1) is 16.1. The molecule has 112 valence electrons. The van der Waals surface area contributed by atoms with Crippen LogP contribution in [0.25, 0.3) is 0 Å². The van der Waals surface area contributed by atoms with Crippen LogP contribution >= 0.6 is 15.9 Å². The fraction of sp³-hybridized carbons (Fsp3) is 0.333. The van der Waals surface area contributed by atoms with Crippen molar-refractivity contribution in [3.05, 3.63) is 63.6 Å². The molecule has 0 aromatic heterocycles. The molecule has 0 aliphatic rings. The summed E-state index contributed by atoms with van der Waals surface area (Å²) in [6, 6.07) is 15.1. The Morgan fingerprint density at radius 2 is 2.00 bits per heavy atom. The molecule has 2 rings (SSSR count). The minimum absolute atomic E-state index is 0.237. The lowest BCUT2D eigenvalue weighted by Crippen LogP contribution is -2.20. The third-order valence-corrected chi connectivity index (χ3v) is 4.01. The van der Waals surface area contributed by atoms with E-state index in [1.165, 1.54) is 16.7 Å². The van der Waals surface area contributed by atoms with Gasteiger partial charge >= 0.3 is 0 Å². The standard InChI is InChI=1S/C18H22BrNO/c1-4-21-18-9-8-13(2)10-16(18)17(20-3)12-14-6-5-7-15(19)11-14/h5-11,17,20H,4,12H2,1-3H3. The van der Waals surface area contributed by atoms with E-state index in [1.807, 2.05) is 14.0 Å². The van der Waals surface area contributed by atoms with Gasteiger partial charge in [-0.05, 0) is 51.1 Å². The topological polar surface area (TPSA) is 21.3 Å². The van der Waals surface area contributed by atoms with Crippen molar-refractivity contribution in [1.82, 2.24) is 5.32 Å². The van der Waals surface area contributed by atoms with Crippen LogP contribution in [-0.4, -0.2) is 13.7 Å². The Bertz CT molecular complexity index is 598. The molecule has 1 unspecified atom stereocenters. The Morgan fingerprint density at radius 3 is 2.67 bits per heavy atom. The summed E-state index contributed by atoms with van der Waals surface area (Å²) in [5, 5.41) is 3.42. The zero-order valence-corrected chi connectivity index (χ0v) is 14.4. The molecule has 0 radical (unpaired) electrons. The molecule has 0 amide bonds. The molecule has 1 N–H and O–H groups in total. The molecule has 1 atom stereocenters. The molecule has 0 saturated heterocycles. The van der Waals surface area contributed by atoms with Gasteiger partial charge in [-0.15, -0.1) is 0 Å². The minimum Gasteiger partial charge on any atom is -0.494 e. The van der Waals surface area contributed by atoms with Crippen LogP contribution in [0.4, 0.5) is 0 Å². The summed E-state index contributed by atoms with van der Waals surface area (Å²) < 4.78 is 6.90. The fourth-order valence-electron chi connectivity index (χ4n) is 2.49. The molecule has 2 aromatic carbocycles. The summed E-state index contributed by atoms with van der Waals surface area (Å²) in [6.07, 6.45) is 0.930. The fourth-order valence-corrected chi connectivity index (χ4v) is 2.94.